The van der Waals surface area contributed by atoms with Crippen molar-refractivity contribution in [1.29, 1.82) is 0 Å². The number of benzene rings is 2. The summed E-state index contributed by atoms with van der Waals surface area (Å²) in [6.07, 6.45) is 0. The molecule has 31 heavy (non-hydrogen) atoms. The average molecular weight is 446 g/mol. The van der Waals surface area contributed by atoms with Crippen LogP contribution in [0.2, 0.25) is 0 Å². The molecule has 0 fully saturated rings. The molecular formula is C23H31N3O4S. The standard InChI is InChI=1S/C23H31N3O4S/c1-7-30-20-12-10-19(11-13-20)26(16-22(27)25-24-18(3)23(4,5)6)31(28,29)21-14-8-17(2)9-15-21/h8-15H,7,16H2,1-6H3,(H,25,27)/b24-18-. The third kappa shape index (κ3) is 6.55. The first-order valence-electron chi connectivity index (χ1n) is 10.1. The summed E-state index contributed by atoms with van der Waals surface area (Å²) in [6.45, 7) is 11.6. The molecule has 0 aliphatic rings. The van der Waals surface area contributed by atoms with E-state index in [4.69, 9.17) is 4.74 Å². The van der Waals surface area contributed by atoms with Crippen LogP contribution in [0.25, 0.3) is 0 Å². The third-order valence-corrected chi connectivity index (χ3v) is 6.55. The van der Waals surface area contributed by atoms with Crippen LogP contribution >= 0.6 is 0 Å². The van der Waals surface area contributed by atoms with Crippen LogP contribution in [0.1, 0.15) is 40.2 Å². The maximum absolute atomic E-state index is 13.4. The second-order valence-corrected chi connectivity index (χ2v) is 10.1. The van der Waals surface area contributed by atoms with E-state index in [9.17, 15) is 13.2 Å². The Balaban J connectivity index is 2.38. The minimum absolute atomic E-state index is 0.106. The van der Waals surface area contributed by atoms with E-state index in [2.05, 4.69) is 10.5 Å². The highest BCUT2D eigenvalue weighted by atomic mass is 32.2. The number of hydrazone groups is 1. The van der Waals surface area contributed by atoms with Gasteiger partial charge in [0.15, 0.2) is 0 Å². The summed E-state index contributed by atoms with van der Waals surface area (Å²) < 4.78 is 33.2. The van der Waals surface area contributed by atoms with Crippen LogP contribution in [-0.4, -0.2) is 33.2 Å². The lowest BCUT2D eigenvalue weighted by molar-refractivity contribution is -0.119. The van der Waals surface area contributed by atoms with Gasteiger partial charge in [0.25, 0.3) is 15.9 Å². The molecule has 2 aromatic carbocycles. The second-order valence-electron chi connectivity index (χ2n) is 8.23. The fraction of sp³-hybridized carbons (Fsp3) is 0.391. The van der Waals surface area contributed by atoms with Gasteiger partial charge in [-0.25, -0.2) is 13.8 Å². The number of nitrogens with one attached hydrogen (secondary N) is 1. The number of carbonyl (C=O) groups is 1. The van der Waals surface area contributed by atoms with Crippen LogP contribution in [0.5, 0.6) is 5.75 Å². The van der Waals surface area contributed by atoms with Gasteiger partial charge in [-0.2, -0.15) is 5.10 Å². The molecule has 0 heterocycles. The number of aryl methyl sites for hydroxylation is 1. The molecule has 8 heteroatoms. The van der Waals surface area contributed by atoms with Gasteiger partial charge in [0.1, 0.15) is 12.3 Å². The van der Waals surface area contributed by atoms with Crippen molar-refractivity contribution >= 4 is 27.3 Å². The Bertz CT molecular complexity index is 1020. The molecule has 168 valence electrons. The minimum Gasteiger partial charge on any atom is -0.494 e. The lowest BCUT2D eigenvalue weighted by Gasteiger charge is -2.24. The van der Waals surface area contributed by atoms with Gasteiger partial charge in [-0.3, -0.25) is 9.10 Å². The van der Waals surface area contributed by atoms with Crippen molar-refractivity contribution in [3.05, 3.63) is 54.1 Å². The molecule has 0 bridgehead atoms. The number of hydrogen-bond acceptors (Lipinski definition) is 5. The van der Waals surface area contributed by atoms with Crippen molar-refractivity contribution in [2.24, 2.45) is 10.5 Å². The van der Waals surface area contributed by atoms with E-state index in [-0.39, 0.29) is 10.3 Å². The van der Waals surface area contributed by atoms with Crippen LogP contribution in [0, 0.1) is 12.3 Å². The van der Waals surface area contributed by atoms with Crippen molar-refractivity contribution in [2.75, 3.05) is 17.5 Å². The Morgan fingerprint density at radius 3 is 2.16 bits per heavy atom. The number of anilines is 1. The van der Waals surface area contributed by atoms with E-state index in [0.717, 1.165) is 15.6 Å². The molecule has 2 aromatic rings. The fourth-order valence-electron chi connectivity index (χ4n) is 2.51. The van der Waals surface area contributed by atoms with Crippen molar-refractivity contribution in [3.8, 4) is 5.75 Å². The lowest BCUT2D eigenvalue weighted by Crippen LogP contribution is -2.40. The highest BCUT2D eigenvalue weighted by molar-refractivity contribution is 7.92. The van der Waals surface area contributed by atoms with Gasteiger partial charge < -0.3 is 4.74 Å². The predicted octanol–water partition coefficient (Wildman–Crippen LogP) is 4.13. The zero-order valence-corrected chi connectivity index (χ0v) is 19.8. The Labute approximate surface area is 185 Å². The summed E-state index contributed by atoms with van der Waals surface area (Å²) >= 11 is 0. The van der Waals surface area contributed by atoms with E-state index in [1.54, 1.807) is 36.4 Å². The van der Waals surface area contributed by atoms with E-state index in [1.807, 2.05) is 41.5 Å². The Morgan fingerprint density at radius 2 is 1.65 bits per heavy atom. The van der Waals surface area contributed by atoms with E-state index < -0.39 is 22.5 Å². The Kier molecular flexibility index (Phi) is 7.84. The quantitative estimate of drug-likeness (QED) is 0.489. The molecule has 0 radical (unpaired) electrons. The van der Waals surface area contributed by atoms with E-state index in [0.29, 0.717) is 18.0 Å². The summed E-state index contributed by atoms with van der Waals surface area (Å²) in [5.74, 6) is 0.0851. The molecule has 1 N–H and O–H groups in total. The first-order valence-corrected chi connectivity index (χ1v) is 11.5. The summed E-state index contributed by atoms with van der Waals surface area (Å²) in [5.41, 5.74) is 4.29. The van der Waals surface area contributed by atoms with Crippen LogP contribution in [0.3, 0.4) is 0 Å². The second kappa shape index (κ2) is 9.96. The normalized spacial score (nSPS) is 12.4. The molecule has 0 atom stereocenters. The van der Waals surface area contributed by atoms with Gasteiger partial charge in [0, 0.05) is 11.1 Å². The van der Waals surface area contributed by atoms with Gasteiger partial charge >= 0.3 is 0 Å². The summed E-state index contributed by atoms with van der Waals surface area (Å²) in [6, 6.07) is 13.1. The van der Waals surface area contributed by atoms with Crippen molar-refractivity contribution in [2.45, 2.75) is 46.4 Å². The fourth-order valence-corrected chi connectivity index (χ4v) is 3.93. The molecule has 0 unspecified atom stereocenters. The topological polar surface area (TPSA) is 88.1 Å². The largest absolute Gasteiger partial charge is 0.494 e. The van der Waals surface area contributed by atoms with Crippen LogP contribution < -0.4 is 14.5 Å². The maximum atomic E-state index is 13.4. The molecule has 0 aliphatic heterocycles. The van der Waals surface area contributed by atoms with Gasteiger partial charge in [0.05, 0.1) is 17.2 Å². The monoisotopic (exact) mass is 445 g/mol. The molecule has 1 amide bonds. The summed E-state index contributed by atoms with van der Waals surface area (Å²) in [5, 5.41) is 4.12. The Hall–Kier alpha value is -2.87. The van der Waals surface area contributed by atoms with Crippen LogP contribution in [-0.2, 0) is 14.8 Å². The first kappa shape index (κ1) is 24.4. The number of rotatable bonds is 8. The zero-order valence-electron chi connectivity index (χ0n) is 19.0. The van der Waals surface area contributed by atoms with Gasteiger partial charge in [-0.1, -0.05) is 38.5 Å². The molecular weight excluding hydrogens is 414 g/mol. The zero-order chi connectivity index (χ0) is 23.2. The van der Waals surface area contributed by atoms with Gasteiger partial charge in [0.2, 0.25) is 0 Å². The van der Waals surface area contributed by atoms with Gasteiger partial charge in [-0.05, 0) is 57.2 Å². The molecule has 0 aromatic heterocycles. The maximum Gasteiger partial charge on any atom is 0.264 e. The molecule has 0 spiro atoms. The number of amides is 1. The lowest BCUT2D eigenvalue weighted by atomic mass is 9.91. The van der Waals surface area contributed by atoms with Crippen molar-refractivity contribution in [3.63, 3.8) is 0 Å². The number of hydrogen-bond donors (Lipinski definition) is 1. The Morgan fingerprint density at radius 1 is 1.06 bits per heavy atom. The molecule has 7 nitrogen and oxygen atoms in total. The van der Waals surface area contributed by atoms with E-state index >= 15 is 0 Å². The molecule has 2 rings (SSSR count). The van der Waals surface area contributed by atoms with Crippen molar-refractivity contribution < 1.29 is 17.9 Å². The number of sulfonamides is 1. The number of nitrogens with zero attached hydrogens (tertiary/aromatic N) is 2. The van der Waals surface area contributed by atoms with Crippen LogP contribution in [0.15, 0.2) is 58.5 Å². The third-order valence-electron chi connectivity index (χ3n) is 4.77. The number of ether oxygens (including phenoxy) is 1. The summed E-state index contributed by atoms with van der Waals surface area (Å²) in [7, 11) is -3.97. The first-order chi connectivity index (χ1) is 14.4. The van der Waals surface area contributed by atoms with Gasteiger partial charge in [-0.15, -0.1) is 0 Å². The van der Waals surface area contributed by atoms with E-state index in [1.165, 1.54) is 12.1 Å². The molecule has 0 saturated heterocycles. The molecule has 0 saturated carbocycles. The summed E-state index contributed by atoms with van der Waals surface area (Å²) in [4.78, 5) is 12.7. The SMILES string of the molecule is CCOc1ccc(N(CC(=O)N/N=C(/C)C(C)(C)C)S(=O)(=O)c2ccc(C)cc2)cc1. The highest BCUT2D eigenvalue weighted by Gasteiger charge is 2.27. The molecule has 0 aliphatic carbocycles. The predicted molar refractivity (Wildman–Crippen MR) is 124 cm³/mol. The van der Waals surface area contributed by atoms with Crippen molar-refractivity contribution in [1.82, 2.24) is 5.43 Å². The average Bonchev–Trinajstić information content (AvgIpc) is 2.70. The van der Waals surface area contributed by atoms with Crippen LogP contribution in [0.4, 0.5) is 5.69 Å². The minimum atomic E-state index is -3.97. The smallest absolute Gasteiger partial charge is 0.264 e. The number of carbonyl (C=O) groups excluding carboxylic acids is 1. The highest BCUT2D eigenvalue weighted by Crippen LogP contribution is 2.26.